The van der Waals surface area contributed by atoms with Crippen LogP contribution in [0.5, 0.6) is 5.75 Å². The SMILES string of the molecule is Nc1cc(Cl)ccc1OCc1c(F)cccc1Cl. The quantitative estimate of drug-likeness (QED) is 0.854. The van der Waals surface area contributed by atoms with E-state index in [-0.39, 0.29) is 6.61 Å². The van der Waals surface area contributed by atoms with Gasteiger partial charge in [-0.1, -0.05) is 29.3 Å². The average Bonchev–Trinajstić information content (AvgIpc) is 2.31. The summed E-state index contributed by atoms with van der Waals surface area (Å²) in [5, 5.41) is 0.839. The maximum Gasteiger partial charge on any atom is 0.142 e. The molecule has 2 N–H and O–H groups in total. The van der Waals surface area contributed by atoms with Crippen molar-refractivity contribution in [2.75, 3.05) is 5.73 Å². The minimum atomic E-state index is -0.407. The number of hydrogen-bond donors (Lipinski definition) is 1. The lowest BCUT2D eigenvalue weighted by atomic mass is 10.2. The summed E-state index contributed by atoms with van der Waals surface area (Å²) in [5.74, 6) is 0.0359. The molecule has 0 heterocycles. The molecule has 0 aliphatic carbocycles. The summed E-state index contributed by atoms with van der Waals surface area (Å²) >= 11 is 11.7. The number of halogens is 3. The molecular weight excluding hydrogens is 276 g/mol. The lowest BCUT2D eigenvalue weighted by molar-refractivity contribution is 0.301. The first-order valence-electron chi connectivity index (χ1n) is 5.18. The van der Waals surface area contributed by atoms with Gasteiger partial charge in [-0.05, 0) is 30.3 Å². The van der Waals surface area contributed by atoms with Gasteiger partial charge in [0.05, 0.1) is 10.7 Å². The van der Waals surface area contributed by atoms with E-state index in [1.54, 1.807) is 24.3 Å². The number of ether oxygens (including phenoxy) is 1. The van der Waals surface area contributed by atoms with Crippen LogP contribution in [0.3, 0.4) is 0 Å². The lowest BCUT2D eigenvalue weighted by Crippen LogP contribution is -2.01. The van der Waals surface area contributed by atoms with Gasteiger partial charge < -0.3 is 10.5 Å². The molecule has 0 radical (unpaired) electrons. The van der Waals surface area contributed by atoms with Crippen LogP contribution in [0.2, 0.25) is 10.0 Å². The van der Waals surface area contributed by atoms with Crippen molar-refractivity contribution in [2.24, 2.45) is 0 Å². The van der Waals surface area contributed by atoms with Gasteiger partial charge in [0, 0.05) is 10.6 Å². The van der Waals surface area contributed by atoms with Crippen molar-refractivity contribution < 1.29 is 9.13 Å². The summed E-state index contributed by atoms with van der Waals surface area (Å²) in [6, 6.07) is 9.32. The third-order valence-corrected chi connectivity index (χ3v) is 2.99. The predicted molar refractivity (Wildman–Crippen MR) is 71.6 cm³/mol. The number of nitrogen functional groups attached to an aromatic ring is 1. The summed E-state index contributed by atoms with van der Waals surface area (Å²) in [6.45, 7) is 0.0112. The minimum Gasteiger partial charge on any atom is -0.487 e. The van der Waals surface area contributed by atoms with Crippen LogP contribution in [0.15, 0.2) is 36.4 Å². The molecule has 2 nitrogen and oxygen atoms in total. The molecule has 0 aliphatic heterocycles. The second-order valence-electron chi connectivity index (χ2n) is 3.67. The van der Waals surface area contributed by atoms with Gasteiger partial charge in [-0.15, -0.1) is 0 Å². The Bertz CT molecular complexity index is 555. The van der Waals surface area contributed by atoms with Gasteiger partial charge >= 0.3 is 0 Å². The second-order valence-corrected chi connectivity index (χ2v) is 4.51. The summed E-state index contributed by atoms with van der Waals surface area (Å²) in [6.07, 6.45) is 0. The number of benzene rings is 2. The third kappa shape index (κ3) is 2.86. The molecule has 0 saturated heterocycles. The minimum absolute atomic E-state index is 0.0112. The molecule has 0 aromatic heterocycles. The van der Waals surface area contributed by atoms with Crippen molar-refractivity contribution in [1.82, 2.24) is 0 Å². The van der Waals surface area contributed by atoms with Crippen LogP contribution in [0.1, 0.15) is 5.56 Å². The van der Waals surface area contributed by atoms with Gasteiger partial charge in [0.25, 0.3) is 0 Å². The average molecular weight is 286 g/mol. The van der Waals surface area contributed by atoms with Crippen molar-refractivity contribution in [1.29, 1.82) is 0 Å². The molecule has 0 bridgehead atoms. The van der Waals surface area contributed by atoms with Gasteiger partial charge in [-0.3, -0.25) is 0 Å². The molecular formula is C13H10Cl2FNO. The van der Waals surface area contributed by atoms with Crippen molar-refractivity contribution >= 4 is 28.9 Å². The van der Waals surface area contributed by atoms with E-state index >= 15 is 0 Å². The van der Waals surface area contributed by atoms with Crippen LogP contribution < -0.4 is 10.5 Å². The smallest absolute Gasteiger partial charge is 0.142 e. The lowest BCUT2D eigenvalue weighted by Gasteiger charge is -2.10. The number of nitrogens with two attached hydrogens (primary N) is 1. The summed E-state index contributed by atoms with van der Waals surface area (Å²) < 4.78 is 18.9. The largest absolute Gasteiger partial charge is 0.487 e. The van der Waals surface area contributed by atoms with E-state index in [0.717, 1.165) is 0 Å². The Hall–Kier alpha value is -1.45. The monoisotopic (exact) mass is 285 g/mol. The van der Waals surface area contributed by atoms with Crippen LogP contribution in [-0.4, -0.2) is 0 Å². The molecule has 0 aliphatic rings. The van der Waals surface area contributed by atoms with Gasteiger partial charge in [0.15, 0.2) is 0 Å². The molecule has 18 heavy (non-hydrogen) atoms. The van der Waals surface area contributed by atoms with Crippen molar-refractivity contribution in [3.63, 3.8) is 0 Å². The molecule has 5 heteroatoms. The van der Waals surface area contributed by atoms with Gasteiger partial charge in [0.2, 0.25) is 0 Å². The fraction of sp³-hybridized carbons (Fsp3) is 0.0769. The van der Waals surface area contributed by atoms with Crippen LogP contribution in [0, 0.1) is 5.82 Å². The van der Waals surface area contributed by atoms with E-state index in [0.29, 0.717) is 27.0 Å². The highest BCUT2D eigenvalue weighted by atomic mass is 35.5. The van der Waals surface area contributed by atoms with Crippen LogP contribution in [0.25, 0.3) is 0 Å². The molecule has 2 aromatic carbocycles. The molecule has 2 rings (SSSR count). The van der Waals surface area contributed by atoms with Crippen LogP contribution in [-0.2, 0) is 6.61 Å². The van der Waals surface area contributed by atoms with E-state index in [4.69, 9.17) is 33.7 Å². The molecule has 0 saturated carbocycles. The molecule has 94 valence electrons. The maximum atomic E-state index is 13.5. The summed E-state index contributed by atoms with van der Waals surface area (Å²) in [5.41, 5.74) is 6.42. The first-order valence-corrected chi connectivity index (χ1v) is 5.94. The molecule has 0 amide bonds. The fourth-order valence-corrected chi connectivity index (χ4v) is 1.87. The van der Waals surface area contributed by atoms with E-state index in [9.17, 15) is 4.39 Å². The standard InChI is InChI=1S/C13H10Cl2FNO/c14-8-4-5-13(12(17)6-8)18-7-9-10(15)2-1-3-11(9)16/h1-6H,7,17H2. The van der Waals surface area contributed by atoms with E-state index in [1.165, 1.54) is 12.1 Å². The Kier molecular flexibility index (Phi) is 3.94. The Morgan fingerprint density at radius 1 is 1.17 bits per heavy atom. The van der Waals surface area contributed by atoms with E-state index in [2.05, 4.69) is 0 Å². The van der Waals surface area contributed by atoms with Gasteiger partial charge in [-0.25, -0.2) is 4.39 Å². The van der Waals surface area contributed by atoms with Crippen molar-refractivity contribution in [3.05, 3.63) is 57.8 Å². The zero-order chi connectivity index (χ0) is 13.1. The Morgan fingerprint density at radius 2 is 1.94 bits per heavy atom. The Labute approximate surface area is 114 Å². The number of anilines is 1. The molecule has 2 aromatic rings. The Balaban J connectivity index is 2.16. The highest BCUT2D eigenvalue weighted by molar-refractivity contribution is 6.31. The maximum absolute atomic E-state index is 13.5. The fourth-order valence-electron chi connectivity index (χ4n) is 1.47. The zero-order valence-electron chi connectivity index (χ0n) is 9.29. The van der Waals surface area contributed by atoms with Gasteiger partial charge in [-0.2, -0.15) is 0 Å². The van der Waals surface area contributed by atoms with Crippen LogP contribution in [0.4, 0.5) is 10.1 Å². The first-order chi connectivity index (χ1) is 8.58. The van der Waals surface area contributed by atoms with Gasteiger partial charge in [0.1, 0.15) is 18.2 Å². The first kappa shape index (κ1) is 13.0. The Morgan fingerprint density at radius 3 is 2.61 bits per heavy atom. The second kappa shape index (κ2) is 5.46. The van der Waals surface area contributed by atoms with E-state index < -0.39 is 5.82 Å². The van der Waals surface area contributed by atoms with Crippen molar-refractivity contribution in [3.8, 4) is 5.75 Å². The highest BCUT2D eigenvalue weighted by Crippen LogP contribution is 2.27. The summed E-state index contributed by atoms with van der Waals surface area (Å²) in [4.78, 5) is 0. The normalized spacial score (nSPS) is 10.4. The molecule has 0 spiro atoms. The van der Waals surface area contributed by atoms with E-state index in [1.807, 2.05) is 0 Å². The third-order valence-electron chi connectivity index (χ3n) is 2.41. The molecule has 0 fully saturated rings. The predicted octanol–water partition coefficient (Wildman–Crippen LogP) is 4.29. The zero-order valence-corrected chi connectivity index (χ0v) is 10.8. The highest BCUT2D eigenvalue weighted by Gasteiger charge is 2.08. The molecule has 0 unspecified atom stereocenters. The molecule has 0 atom stereocenters. The summed E-state index contributed by atoms with van der Waals surface area (Å²) in [7, 11) is 0. The topological polar surface area (TPSA) is 35.2 Å². The number of hydrogen-bond acceptors (Lipinski definition) is 2. The van der Waals surface area contributed by atoms with Crippen LogP contribution >= 0.6 is 23.2 Å². The van der Waals surface area contributed by atoms with Crippen molar-refractivity contribution in [2.45, 2.75) is 6.61 Å². The number of rotatable bonds is 3.